The zero-order chi connectivity index (χ0) is 17.3. The van der Waals surface area contributed by atoms with Gasteiger partial charge < -0.3 is 19.2 Å². The van der Waals surface area contributed by atoms with E-state index in [1.807, 2.05) is 11.0 Å². The van der Waals surface area contributed by atoms with Crippen molar-refractivity contribution in [2.75, 3.05) is 32.8 Å². The Morgan fingerprint density at radius 3 is 2.64 bits per heavy atom. The third kappa shape index (κ3) is 3.48. The van der Waals surface area contributed by atoms with E-state index >= 15 is 0 Å². The quantitative estimate of drug-likeness (QED) is 0.905. The molecule has 3 aliphatic heterocycles. The van der Waals surface area contributed by atoms with Crippen molar-refractivity contribution in [2.45, 2.75) is 56.8 Å². The third-order valence-electron chi connectivity index (χ3n) is 5.97. The van der Waals surface area contributed by atoms with Crippen molar-refractivity contribution >= 4 is 5.91 Å². The molecule has 0 saturated carbocycles. The second-order valence-electron chi connectivity index (χ2n) is 7.61. The van der Waals surface area contributed by atoms with Gasteiger partial charge in [-0.05, 0) is 63.7 Å². The molecule has 1 spiro atoms. The SMILES string of the molecule is O=C(c1ccc(CN2CCCC2)o1)N1CCC2(CC1)OCCC[C@@H]2O. The highest BCUT2D eigenvalue weighted by Gasteiger charge is 2.44. The zero-order valence-electron chi connectivity index (χ0n) is 14.8. The van der Waals surface area contributed by atoms with Crippen LogP contribution >= 0.6 is 0 Å². The maximum absolute atomic E-state index is 12.7. The van der Waals surface area contributed by atoms with E-state index < -0.39 is 11.7 Å². The number of ether oxygens (including phenoxy) is 1. The van der Waals surface area contributed by atoms with Crippen molar-refractivity contribution in [3.63, 3.8) is 0 Å². The van der Waals surface area contributed by atoms with E-state index in [4.69, 9.17) is 9.15 Å². The van der Waals surface area contributed by atoms with Crippen LogP contribution in [0.1, 0.15) is 54.8 Å². The molecule has 4 heterocycles. The first-order valence-electron chi connectivity index (χ1n) is 9.59. The minimum absolute atomic E-state index is 0.0483. The van der Waals surface area contributed by atoms with Gasteiger partial charge in [0.2, 0.25) is 0 Å². The molecule has 1 N–H and O–H groups in total. The van der Waals surface area contributed by atoms with Crippen LogP contribution in [0.5, 0.6) is 0 Å². The largest absolute Gasteiger partial charge is 0.455 e. The molecule has 0 bridgehead atoms. The topological polar surface area (TPSA) is 66.2 Å². The van der Waals surface area contributed by atoms with Gasteiger partial charge in [-0.3, -0.25) is 9.69 Å². The number of aliphatic hydroxyl groups excluding tert-OH is 1. The summed E-state index contributed by atoms with van der Waals surface area (Å²) in [4.78, 5) is 16.9. The second kappa shape index (κ2) is 7.09. The van der Waals surface area contributed by atoms with Crippen molar-refractivity contribution in [2.24, 2.45) is 0 Å². The summed E-state index contributed by atoms with van der Waals surface area (Å²) < 4.78 is 11.7. The number of hydrogen-bond donors (Lipinski definition) is 1. The van der Waals surface area contributed by atoms with Gasteiger partial charge in [-0.25, -0.2) is 0 Å². The van der Waals surface area contributed by atoms with Gasteiger partial charge in [-0.15, -0.1) is 0 Å². The minimum atomic E-state index is -0.445. The fraction of sp³-hybridized carbons (Fsp3) is 0.737. The monoisotopic (exact) mass is 348 g/mol. The molecule has 0 radical (unpaired) electrons. The summed E-state index contributed by atoms with van der Waals surface area (Å²) in [5.74, 6) is 1.24. The summed E-state index contributed by atoms with van der Waals surface area (Å²) in [5.41, 5.74) is -0.445. The van der Waals surface area contributed by atoms with Crippen LogP contribution in [0.25, 0.3) is 0 Å². The number of piperidine rings is 1. The lowest BCUT2D eigenvalue weighted by molar-refractivity contribution is -0.174. The first-order chi connectivity index (χ1) is 12.2. The summed E-state index contributed by atoms with van der Waals surface area (Å²) in [5, 5.41) is 10.3. The Morgan fingerprint density at radius 2 is 1.92 bits per heavy atom. The molecule has 1 amide bonds. The van der Waals surface area contributed by atoms with Crippen molar-refractivity contribution in [1.82, 2.24) is 9.80 Å². The number of nitrogens with zero attached hydrogens (tertiary/aromatic N) is 2. The van der Waals surface area contributed by atoms with Crippen molar-refractivity contribution in [3.8, 4) is 0 Å². The first kappa shape index (κ1) is 17.1. The number of carbonyl (C=O) groups is 1. The van der Waals surface area contributed by atoms with E-state index in [-0.39, 0.29) is 5.91 Å². The van der Waals surface area contributed by atoms with Crippen molar-refractivity contribution < 1.29 is 19.1 Å². The van der Waals surface area contributed by atoms with Crippen LogP contribution in [-0.4, -0.2) is 65.3 Å². The Bertz CT molecular complexity index is 600. The van der Waals surface area contributed by atoms with Crippen LogP contribution in [0.2, 0.25) is 0 Å². The lowest BCUT2D eigenvalue weighted by Gasteiger charge is -2.46. The molecule has 3 aliphatic rings. The molecule has 3 saturated heterocycles. The van der Waals surface area contributed by atoms with Crippen LogP contribution < -0.4 is 0 Å². The number of furan rings is 1. The van der Waals surface area contributed by atoms with E-state index in [0.717, 1.165) is 38.2 Å². The molecule has 6 heteroatoms. The van der Waals surface area contributed by atoms with Gasteiger partial charge in [-0.2, -0.15) is 0 Å². The van der Waals surface area contributed by atoms with Crippen molar-refractivity contribution in [1.29, 1.82) is 0 Å². The fourth-order valence-electron chi connectivity index (χ4n) is 4.37. The van der Waals surface area contributed by atoms with Crippen molar-refractivity contribution in [3.05, 3.63) is 23.7 Å². The average molecular weight is 348 g/mol. The predicted molar refractivity (Wildman–Crippen MR) is 92.3 cm³/mol. The number of carbonyl (C=O) groups excluding carboxylic acids is 1. The highest BCUT2D eigenvalue weighted by Crippen LogP contribution is 2.35. The Morgan fingerprint density at radius 1 is 1.16 bits per heavy atom. The van der Waals surface area contributed by atoms with Gasteiger partial charge in [0, 0.05) is 19.7 Å². The van der Waals surface area contributed by atoms with E-state index in [9.17, 15) is 9.90 Å². The highest BCUT2D eigenvalue weighted by atomic mass is 16.5. The summed E-state index contributed by atoms with van der Waals surface area (Å²) in [6, 6.07) is 3.72. The summed E-state index contributed by atoms with van der Waals surface area (Å²) in [6.45, 7) is 4.94. The lowest BCUT2D eigenvalue weighted by atomic mass is 9.82. The lowest BCUT2D eigenvalue weighted by Crippen LogP contribution is -2.56. The van der Waals surface area contributed by atoms with Crippen LogP contribution in [0, 0.1) is 0 Å². The molecule has 1 aromatic heterocycles. The first-order valence-corrected chi connectivity index (χ1v) is 9.59. The summed E-state index contributed by atoms with van der Waals surface area (Å²) in [6.07, 6.45) is 5.19. The van der Waals surface area contributed by atoms with Gasteiger partial charge in [-0.1, -0.05) is 0 Å². The molecule has 6 nitrogen and oxygen atoms in total. The van der Waals surface area contributed by atoms with Crippen LogP contribution in [-0.2, 0) is 11.3 Å². The smallest absolute Gasteiger partial charge is 0.289 e. The van der Waals surface area contributed by atoms with Crippen LogP contribution in [0.4, 0.5) is 0 Å². The number of amides is 1. The molecule has 0 aliphatic carbocycles. The van der Waals surface area contributed by atoms with E-state index in [1.165, 1.54) is 12.8 Å². The van der Waals surface area contributed by atoms with E-state index in [1.54, 1.807) is 6.07 Å². The number of likely N-dealkylation sites (tertiary alicyclic amines) is 2. The Balaban J connectivity index is 1.35. The molecule has 1 atom stereocenters. The van der Waals surface area contributed by atoms with Gasteiger partial charge in [0.05, 0.1) is 18.2 Å². The van der Waals surface area contributed by atoms with E-state index in [2.05, 4.69) is 4.90 Å². The molecule has 138 valence electrons. The highest BCUT2D eigenvalue weighted by molar-refractivity contribution is 5.91. The van der Waals surface area contributed by atoms with Gasteiger partial charge in [0.15, 0.2) is 5.76 Å². The normalized spacial score (nSPS) is 27.1. The molecule has 0 unspecified atom stereocenters. The maximum atomic E-state index is 12.7. The summed E-state index contributed by atoms with van der Waals surface area (Å²) >= 11 is 0. The molecule has 25 heavy (non-hydrogen) atoms. The van der Waals surface area contributed by atoms with Gasteiger partial charge >= 0.3 is 0 Å². The Hall–Kier alpha value is -1.37. The Kier molecular flexibility index (Phi) is 4.84. The average Bonchev–Trinajstić information content (AvgIpc) is 3.30. The molecule has 4 rings (SSSR count). The maximum Gasteiger partial charge on any atom is 0.289 e. The molecule has 1 aromatic rings. The predicted octanol–water partition coefficient (Wildman–Crippen LogP) is 2.02. The number of rotatable bonds is 3. The van der Waals surface area contributed by atoms with Gasteiger partial charge in [0.1, 0.15) is 5.76 Å². The van der Waals surface area contributed by atoms with E-state index in [0.29, 0.717) is 38.3 Å². The molecular formula is C19H28N2O4. The fourth-order valence-corrected chi connectivity index (χ4v) is 4.37. The van der Waals surface area contributed by atoms with Crippen LogP contribution in [0.15, 0.2) is 16.5 Å². The molecule has 3 fully saturated rings. The molecule has 0 aromatic carbocycles. The Labute approximate surface area is 148 Å². The second-order valence-corrected chi connectivity index (χ2v) is 7.61. The zero-order valence-corrected chi connectivity index (χ0v) is 14.8. The standard InChI is InChI=1S/C19H28N2O4/c22-17-4-3-13-24-19(17)7-11-21(12-8-19)18(23)16-6-5-15(25-16)14-20-9-1-2-10-20/h5-6,17,22H,1-4,7-14H2/t17-/m0/s1. The van der Waals surface area contributed by atoms with Gasteiger partial charge in [0.25, 0.3) is 5.91 Å². The van der Waals surface area contributed by atoms with Crippen LogP contribution in [0.3, 0.4) is 0 Å². The third-order valence-corrected chi connectivity index (χ3v) is 5.97. The number of aliphatic hydroxyl groups is 1. The molecular weight excluding hydrogens is 320 g/mol. The minimum Gasteiger partial charge on any atom is -0.455 e. The summed E-state index contributed by atoms with van der Waals surface area (Å²) in [7, 11) is 0. The number of hydrogen-bond acceptors (Lipinski definition) is 5.